The van der Waals surface area contributed by atoms with Crippen LogP contribution in [0.4, 0.5) is 5.69 Å². The van der Waals surface area contributed by atoms with E-state index in [9.17, 15) is 4.79 Å². The third-order valence-electron chi connectivity index (χ3n) is 5.25. The van der Waals surface area contributed by atoms with Crippen LogP contribution >= 0.6 is 0 Å². The van der Waals surface area contributed by atoms with Gasteiger partial charge < -0.3 is 14.6 Å². The Hall–Kier alpha value is -3.08. The molecule has 1 N–H and O–H groups in total. The molecule has 0 saturated heterocycles. The maximum Gasteiger partial charge on any atom is 0.265 e. The van der Waals surface area contributed by atoms with Crippen LogP contribution in [0.3, 0.4) is 0 Å². The second kappa shape index (κ2) is 8.11. The summed E-state index contributed by atoms with van der Waals surface area (Å²) < 4.78 is 8.12. The molecule has 2 aromatic carbocycles. The Balaban J connectivity index is 1.52. The Kier molecular flexibility index (Phi) is 5.38. The van der Waals surface area contributed by atoms with E-state index in [-0.39, 0.29) is 5.91 Å². The molecule has 0 spiro atoms. The van der Waals surface area contributed by atoms with Gasteiger partial charge in [0.25, 0.3) is 5.91 Å². The van der Waals surface area contributed by atoms with E-state index >= 15 is 0 Å². The first-order chi connectivity index (χ1) is 14.0. The molecule has 4 rings (SSSR count). The summed E-state index contributed by atoms with van der Waals surface area (Å²) in [7, 11) is 0. The number of aromatic nitrogens is 2. The van der Waals surface area contributed by atoms with Gasteiger partial charge in [0, 0.05) is 24.7 Å². The van der Waals surface area contributed by atoms with Crippen molar-refractivity contribution in [3.05, 3.63) is 65.6 Å². The summed E-state index contributed by atoms with van der Waals surface area (Å²) in [5, 5.41) is 3.03. The smallest absolute Gasteiger partial charge is 0.265 e. The number of carbonyl (C=O) groups is 1. The minimum absolute atomic E-state index is 0.180. The molecule has 29 heavy (non-hydrogen) atoms. The van der Waals surface area contributed by atoms with E-state index in [1.807, 2.05) is 50.2 Å². The predicted octanol–water partition coefficient (Wildman–Crippen LogP) is 4.91. The van der Waals surface area contributed by atoms with E-state index in [0.29, 0.717) is 5.75 Å². The first kappa shape index (κ1) is 19.2. The molecule has 0 fully saturated rings. The molecule has 150 valence electrons. The van der Waals surface area contributed by atoms with Gasteiger partial charge in [-0.2, -0.15) is 0 Å². The lowest BCUT2D eigenvalue weighted by Gasteiger charge is -2.17. The number of anilines is 1. The summed E-state index contributed by atoms with van der Waals surface area (Å²) in [6.45, 7) is 6.82. The first-order valence-corrected chi connectivity index (χ1v) is 10.2. The van der Waals surface area contributed by atoms with E-state index in [1.54, 1.807) is 6.92 Å². The minimum atomic E-state index is -0.612. The number of hydrogen-bond acceptors (Lipinski definition) is 3. The topological polar surface area (TPSA) is 56.1 Å². The summed E-state index contributed by atoms with van der Waals surface area (Å²) >= 11 is 0. The van der Waals surface area contributed by atoms with Crippen molar-refractivity contribution in [1.82, 2.24) is 9.55 Å². The molecule has 0 bridgehead atoms. The van der Waals surface area contributed by atoms with Crippen molar-refractivity contribution in [3.63, 3.8) is 0 Å². The lowest BCUT2D eigenvalue weighted by atomic mass is 10.1. The number of amides is 1. The lowest BCUT2D eigenvalue weighted by Crippen LogP contribution is -2.30. The molecule has 1 unspecified atom stereocenters. The zero-order valence-electron chi connectivity index (χ0n) is 17.2. The van der Waals surface area contributed by atoms with Crippen LogP contribution in [0, 0.1) is 13.8 Å². The highest BCUT2D eigenvalue weighted by Crippen LogP contribution is 2.29. The molecule has 1 amide bonds. The van der Waals surface area contributed by atoms with Crippen molar-refractivity contribution in [2.75, 3.05) is 5.32 Å². The maximum atomic E-state index is 12.8. The number of nitrogens with one attached hydrogen (secondary N) is 1. The number of aryl methyl sites for hydroxylation is 4. The average Bonchev–Trinajstić information content (AvgIpc) is 3.11. The number of imidazole rings is 1. The minimum Gasteiger partial charge on any atom is -0.481 e. The molecule has 5 heteroatoms. The Bertz CT molecular complexity index is 995. The van der Waals surface area contributed by atoms with Gasteiger partial charge in [0.2, 0.25) is 0 Å². The molecular weight excluding hydrogens is 362 g/mol. The fourth-order valence-corrected chi connectivity index (χ4v) is 3.85. The van der Waals surface area contributed by atoms with Crippen molar-refractivity contribution < 1.29 is 9.53 Å². The van der Waals surface area contributed by atoms with E-state index in [2.05, 4.69) is 22.1 Å². The number of benzene rings is 2. The van der Waals surface area contributed by atoms with Gasteiger partial charge in [0.1, 0.15) is 11.6 Å². The molecule has 1 aromatic heterocycles. The van der Waals surface area contributed by atoms with Crippen LogP contribution in [0.15, 0.2) is 48.7 Å². The van der Waals surface area contributed by atoms with Gasteiger partial charge in [0.15, 0.2) is 6.10 Å². The number of rotatable bonds is 5. The highest BCUT2D eigenvalue weighted by atomic mass is 16.5. The van der Waals surface area contributed by atoms with Crippen molar-refractivity contribution in [3.8, 4) is 17.0 Å². The molecule has 1 aliphatic heterocycles. The summed E-state index contributed by atoms with van der Waals surface area (Å²) in [5.74, 6) is 1.65. The third kappa shape index (κ3) is 4.34. The van der Waals surface area contributed by atoms with Crippen molar-refractivity contribution in [2.45, 2.75) is 52.7 Å². The zero-order chi connectivity index (χ0) is 20.4. The highest BCUT2D eigenvalue weighted by molar-refractivity contribution is 5.97. The molecule has 3 aromatic rings. The van der Waals surface area contributed by atoms with Crippen molar-refractivity contribution >= 4 is 11.6 Å². The predicted molar refractivity (Wildman–Crippen MR) is 115 cm³/mol. The van der Waals surface area contributed by atoms with Crippen LogP contribution in [0.2, 0.25) is 0 Å². The third-order valence-corrected chi connectivity index (χ3v) is 5.25. The molecule has 0 saturated carbocycles. The number of hydrogen-bond donors (Lipinski definition) is 1. The SMILES string of the molecule is Cc1cc(C)cc(OC(C)C(=O)Nc2ccccc2-c2cn3c(n2)CCCC3)c1. The fraction of sp³-hybridized carbons (Fsp3) is 0.333. The Morgan fingerprint density at radius 1 is 1.14 bits per heavy atom. The fourth-order valence-electron chi connectivity index (χ4n) is 3.85. The second-order valence-electron chi connectivity index (χ2n) is 7.81. The molecule has 0 radical (unpaired) electrons. The summed E-state index contributed by atoms with van der Waals surface area (Å²) in [4.78, 5) is 17.6. The Morgan fingerprint density at radius 3 is 2.66 bits per heavy atom. The van der Waals surface area contributed by atoms with Crippen LogP contribution in [-0.4, -0.2) is 21.6 Å². The number of carbonyl (C=O) groups excluding carboxylic acids is 1. The van der Waals surface area contributed by atoms with Gasteiger partial charge >= 0.3 is 0 Å². The molecular formula is C24H27N3O2. The quantitative estimate of drug-likeness (QED) is 0.675. The molecule has 1 atom stereocenters. The molecule has 0 aliphatic carbocycles. The van der Waals surface area contributed by atoms with Gasteiger partial charge in [-0.05, 0) is 62.9 Å². The van der Waals surface area contributed by atoms with E-state index in [4.69, 9.17) is 9.72 Å². The van der Waals surface area contributed by atoms with E-state index in [1.165, 1.54) is 12.8 Å². The number of para-hydroxylation sites is 1. The monoisotopic (exact) mass is 389 g/mol. The van der Waals surface area contributed by atoms with E-state index < -0.39 is 6.10 Å². The van der Waals surface area contributed by atoms with Crippen LogP contribution < -0.4 is 10.1 Å². The van der Waals surface area contributed by atoms with Crippen LogP contribution in [0.1, 0.15) is 36.7 Å². The zero-order valence-corrected chi connectivity index (χ0v) is 17.2. The standard InChI is InChI=1S/C24H27N3O2/c1-16-12-17(2)14-19(13-16)29-18(3)24(28)26-21-9-5-4-8-20(21)22-15-27-11-7-6-10-23(27)25-22/h4-5,8-9,12-15,18H,6-7,10-11H2,1-3H3,(H,26,28). The van der Waals surface area contributed by atoms with Gasteiger partial charge in [-0.1, -0.05) is 24.3 Å². The Labute approximate surface area is 171 Å². The molecule has 1 aliphatic rings. The van der Waals surface area contributed by atoms with Gasteiger partial charge in [-0.3, -0.25) is 4.79 Å². The summed E-state index contributed by atoms with van der Waals surface area (Å²) in [6.07, 6.45) is 4.86. The van der Waals surface area contributed by atoms with Crippen LogP contribution in [-0.2, 0) is 17.8 Å². The van der Waals surface area contributed by atoms with Crippen LogP contribution in [0.5, 0.6) is 5.75 Å². The van der Waals surface area contributed by atoms with Crippen LogP contribution in [0.25, 0.3) is 11.3 Å². The Morgan fingerprint density at radius 2 is 1.90 bits per heavy atom. The lowest BCUT2D eigenvalue weighted by molar-refractivity contribution is -0.122. The maximum absolute atomic E-state index is 12.8. The van der Waals surface area contributed by atoms with Crippen molar-refractivity contribution in [1.29, 1.82) is 0 Å². The summed E-state index contributed by atoms with van der Waals surface area (Å²) in [6, 6.07) is 13.8. The first-order valence-electron chi connectivity index (χ1n) is 10.2. The number of fused-ring (bicyclic) bond motifs is 1. The van der Waals surface area contributed by atoms with Crippen molar-refractivity contribution in [2.24, 2.45) is 0 Å². The van der Waals surface area contributed by atoms with Gasteiger partial charge in [0.05, 0.1) is 11.4 Å². The second-order valence-corrected chi connectivity index (χ2v) is 7.81. The van der Waals surface area contributed by atoms with Gasteiger partial charge in [-0.25, -0.2) is 4.98 Å². The number of ether oxygens (including phenoxy) is 1. The van der Waals surface area contributed by atoms with E-state index in [0.717, 1.165) is 46.9 Å². The largest absolute Gasteiger partial charge is 0.481 e. The number of nitrogens with zero attached hydrogens (tertiary/aromatic N) is 2. The normalized spacial score (nSPS) is 14.2. The highest BCUT2D eigenvalue weighted by Gasteiger charge is 2.19. The van der Waals surface area contributed by atoms with Gasteiger partial charge in [-0.15, -0.1) is 0 Å². The average molecular weight is 389 g/mol. The summed E-state index contributed by atoms with van der Waals surface area (Å²) in [5.41, 5.74) is 4.81. The molecule has 2 heterocycles. The molecule has 5 nitrogen and oxygen atoms in total.